The third-order valence-electron chi connectivity index (χ3n) is 3.16. The summed E-state index contributed by atoms with van der Waals surface area (Å²) in [4.78, 5) is 2.02. The van der Waals surface area contributed by atoms with Gasteiger partial charge in [-0.1, -0.05) is 5.16 Å². The van der Waals surface area contributed by atoms with Crippen LogP contribution in [0, 0.1) is 0 Å². The van der Waals surface area contributed by atoms with Crippen LogP contribution in [0.25, 0.3) is 0 Å². The first kappa shape index (κ1) is 12.6. The van der Waals surface area contributed by atoms with Crippen LogP contribution in [-0.4, -0.2) is 47.5 Å². The molecule has 0 aliphatic carbocycles. The first-order valence-corrected chi connectivity index (χ1v) is 5.84. The Balaban J connectivity index is 2.26. The molecule has 1 aromatic rings. The van der Waals surface area contributed by atoms with Crippen LogP contribution in [-0.2, 0) is 4.74 Å². The van der Waals surface area contributed by atoms with Crippen LogP contribution in [0.2, 0.25) is 0 Å². The molecule has 7 heteroatoms. The Hall–Kier alpha value is -1.89. The second-order valence-electron chi connectivity index (χ2n) is 4.21. The molecule has 0 saturated carbocycles. The fourth-order valence-electron chi connectivity index (χ4n) is 2.08. The van der Waals surface area contributed by atoms with Crippen molar-refractivity contribution in [3.05, 3.63) is 17.8 Å². The van der Waals surface area contributed by atoms with Crippen LogP contribution >= 0.6 is 0 Å². The number of nitrogens with two attached hydrogens (primary N) is 1. The molecule has 1 aliphatic rings. The zero-order valence-electron chi connectivity index (χ0n) is 10.3. The number of rotatable bonds is 3. The molecule has 0 unspecified atom stereocenters. The van der Waals surface area contributed by atoms with Crippen molar-refractivity contribution in [2.45, 2.75) is 18.9 Å². The van der Waals surface area contributed by atoms with Crippen molar-refractivity contribution in [1.82, 2.24) is 10.2 Å². The van der Waals surface area contributed by atoms with Crippen molar-refractivity contribution >= 4 is 11.7 Å². The minimum atomic E-state index is 0.0406. The summed E-state index contributed by atoms with van der Waals surface area (Å²) in [6.45, 7) is 1.49. The quantitative estimate of drug-likeness (QED) is 0.344. The highest BCUT2D eigenvalue weighted by Crippen LogP contribution is 2.21. The van der Waals surface area contributed by atoms with E-state index in [1.54, 1.807) is 6.07 Å². The van der Waals surface area contributed by atoms with Crippen molar-refractivity contribution in [3.63, 3.8) is 0 Å². The van der Waals surface area contributed by atoms with Gasteiger partial charge in [-0.15, -0.1) is 5.10 Å². The molecule has 0 bridgehead atoms. The van der Waals surface area contributed by atoms with Gasteiger partial charge in [-0.3, -0.25) is 0 Å². The second kappa shape index (κ2) is 5.63. The summed E-state index contributed by atoms with van der Waals surface area (Å²) in [7, 11) is 1.94. The molecule has 2 heterocycles. The fraction of sp³-hybridized carbons (Fsp3) is 0.545. The van der Waals surface area contributed by atoms with Crippen LogP contribution in [0.5, 0.6) is 0 Å². The van der Waals surface area contributed by atoms with E-state index in [1.807, 2.05) is 11.9 Å². The lowest BCUT2D eigenvalue weighted by molar-refractivity contribution is 0.0853. The van der Waals surface area contributed by atoms with Gasteiger partial charge in [0.2, 0.25) is 0 Å². The summed E-state index contributed by atoms with van der Waals surface area (Å²) >= 11 is 0. The number of hydrogen-bond acceptors (Lipinski definition) is 6. The Morgan fingerprint density at radius 3 is 2.94 bits per heavy atom. The first-order valence-electron chi connectivity index (χ1n) is 5.84. The topological polar surface area (TPSA) is 96.9 Å². The molecule has 18 heavy (non-hydrogen) atoms. The smallest absolute Gasteiger partial charge is 0.173 e. The summed E-state index contributed by atoms with van der Waals surface area (Å²) in [6, 6.07) is 2.02. The third kappa shape index (κ3) is 2.51. The molecular weight excluding hydrogens is 234 g/mol. The van der Waals surface area contributed by atoms with E-state index < -0.39 is 0 Å². The average Bonchev–Trinajstić information content (AvgIpc) is 2.46. The maximum absolute atomic E-state index is 8.78. The molecule has 3 N–H and O–H groups in total. The molecule has 1 saturated heterocycles. The van der Waals surface area contributed by atoms with Gasteiger partial charge in [0.25, 0.3) is 0 Å². The Bertz CT molecular complexity index is 431. The number of nitrogens with zero attached hydrogens (tertiary/aromatic N) is 4. The molecule has 2 rings (SSSR count). The van der Waals surface area contributed by atoms with E-state index in [4.69, 9.17) is 15.7 Å². The van der Waals surface area contributed by atoms with Crippen LogP contribution in [0.1, 0.15) is 18.4 Å². The molecule has 0 amide bonds. The minimum absolute atomic E-state index is 0.0406. The molecule has 0 radical (unpaired) electrons. The van der Waals surface area contributed by atoms with Crippen molar-refractivity contribution in [2.75, 3.05) is 25.2 Å². The monoisotopic (exact) mass is 251 g/mol. The summed E-state index contributed by atoms with van der Waals surface area (Å²) in [5, 5.41) is 19.8. The lowest BCUT2D eigenvalue weighted by Gasteiger charge is -2.32. The molecule has 0 aromatic carbocycles. The summed E-state index contributed by atoms with van der Waals surface area (Å²) in [6.07, 6.45) is 3.39. The highest BCUT2D eigenvalue weighted by molar-refractivity contribution is 6.01. The van der Waals surface area contributed by atoms with E-state index in [-0.39, 0.29) is 5.84 Å². The Morgan fingerprint density at radius 2 is 2.28 bits per heavy atom. The van der Waals surface area contributed by atoms with Crippen molar-refractivity contribution in [3.8, 4) is 0 Å². The van der Waals surface area contributed by atoms with Crippen molar-refractivity contribution in [1.29, 1.82) is 0 Å². The Kier molecular flexibility index (Phi) is 3.93. The van der Waals surface area contributed by atoms with Crippen LogP contribution in [0.3, 0.4) is 0 Å². The van der Waals surface area contributed by atoms with Crippen LogP contribution < -0.4 is 10.6 Å². The van der Waals surface area contributed by atoms with Gasteiger partial charge < -0.3 is 20.6 Å². The number of oxime groups is 1. The number of ether oxygens (including phenoxy) is 1. The average molecular weight is 251 g/mol. The predicted molar refractivity (Wildman–Crippen MR) is 66.8 cm³/mol. The molecular formula is C11H17N5O2. The zero-order chi connectivity index (χ0) is 13.0. The third-order valence-corrected chi connectivity index (χ3v) is 3.16. The second-order valence-corrected chi connectivity index (χ2v) is 4.21. The number of amidine groups is 1. The van der Waals surface area contributed by atoms with Gasteiger partial charge in [0.1, 0.15) is 0 Å². The molecule has 1 aromatic heterocycles. The zero-order valence-corrected chi connectivity index (χ0v) is 10.3. The molecule has 1 aliphatic heterocycles. The van der Waals surface area contributed by atoms with Crippen molar-refractivity contribution < 1.29 is 9.94 Å². The summed E-state index contributed by atoms with van der Waals surface area (Å²) in [5.41, 5.74) is 6.23. The molecule has 0 atom stereocenters. The van der Waals surface area contributed by atoms with Crippen LogP contribution in [0.4, 0.5) is 5.82 Å². The fourth-order valence-corrected chi connectivity index (χ4v) is 2.08. The predicted octanol–water partition coefficient (Wildman–Crippen LogP) is 0.186. The van der Waals surface area contributed by atoms with Gasteiger partial charge in [0, 0.05) is 26.3 Å². The van der Waals surface area contributed by atoms with Crippen LogP contribution in [0.15, 0.2) is 17.4 Å². The van der Waals surface area contributed by atoms with E-state index in [0.717, 1.165) is 26.1 Å². The molecule has 98 valence electrons. The summed E-state index contributed by atoms with van der Waals surface area (Å²) < 4.78 is 5.33. The normalized spacial score (nSPS) is 17.7. The van der Waals surface area contributed by atoms with E-state index in [1.165, 1.54) is 6.20 Å². The number of anilines is 1. The Morgan fingerprint density at radius 1 is 1.56 bits per heavy atom. The van der Waals surface area contributed by atoms with Gasteiger partial charge in [-0.2, -0.15) is 5.10 Å². The standard InChI is InChI=1S/C11H17N5O2/c1-16(8-3-6-18-7-4-8)11-9(10(12)15-17)2-5-13-14-11/h2,5,8,17H,3-4,6-7H2,1H3,(H2,12,15). The molecule has 1 fully saturated rings. The van der Waals surface area contributed by atoms with Gasteiger partial charge in [-0.05, 0) is 18.9 Å². The highest BCUT2D eigenvalue weighted by Gasteiger charge is 2.22. The molecule has 0 spiro atoms. The lowest BCUT2D eigenvalue weighted by atomic mass is 10.1. The maximum Gasteiger partial charge on any atom is 0.173 e. The Labute approximate surface area is 105 Å². The van der Waals surface area contributed by atoms with E-state index in [2.05, 4.69) is 15.4 Å². The van der Waals surface area contributed by atoms with Gasteiger partial charge in [0.15, 0.2) is 11.7 Å². The van der Waals surface area contributed by atoms with E-state index in [9.17, 15) is 0 Å². The lowest BCUT2D eigenvalue weighted by Crippen LogP contribution is -2.38. The SMILES string of the molecule is CN(c1nnccc1/C(N)=N/O)C1CCOCC1. The largest absolute Gasteiger partial charge is 0.409 e. The first-order chi connectivity index (χ1) is 8.74. The minimum Gasteiger partial charge on any atom is -0.409 e. The molecule has 7 nitrogen and oxygen atoms in total. The van der Waals surface area contributed by atoms with Gasteiger partial charge >= 0.3 is 0 Å². The van der Waals surface area contributed by atoms with Gasteiger partial charge in [-0.25, -0.2) is 0 Å². The van der Waals surface area contributed by atoms with E-state index >= 15 is 0 Å². The van der Waals surface area contributed by atoms with Crippen molar-refractivity contribution in [2.24, 2.45) is 10.9 Å². The maximum atomic E-state index is 8.78. The number of aromatic nitrogens is 2. The number of hydrogen-bond donors (Lipinski definition) is 2. The highest BCUT2D eigenvalue weighted by atomic mass is 16.5. The summed E-state index contributed by atoms with van der Waals surface area (Å²) in [5.74, 6) is 0.665. The van der Waals surface area contributed by atoms with E-state index in [0.29, 0.717) is 17.4 Å². The van der Waals surface area contributed by atoms with Gasteiger partial charge in [0.05, 0.1) is 11.8 Å².